The molecule has 6 aromatic carbocycles. The molecule has 0 bridgehead atoms. The van der Waals surface area contributed by atoms with E-state index in [1.54, 1.807) is 0 Å². The molecule has 0 spiro atoms. The van der Waals surface area contributed by atoms with Crippen LogP contribution in [-0.4, -0.2) is 68.3 Å². The maximum atomic E-state index is 6.25. The number of aryl methyl sites for hydroxylation is 4. The number of rotatable bonds is 18. The molecule has 0 atom stereocenters. The maximum Gasteiger partial charge on any atom is 2.00 e. The van der Waals surface area contributed by atoms with E-state index in [9.17, 15) is 0 Å². The van der Waals surface area contributed by atoms with Gasteiger partial charge in [0.2, 0.25) is 8.07 Å². The molecule has 0 radical (unpaired) electrons. The number of nitrogens with zero attached hydrogens (tertiary/aromatic N) is 20. The monoisotopic (exact) mass is 2490 g/mol. The molecule has 13 heterocycles. The summed E-state index contributed by atoms with van der Waals surface area (Å²) in [6.07, 6.45) is 10.9. The van der Waals surface area contributed by atoms with E-state index in [0.29, 0.717) is 0 Å². The van der Waals surface area contributed by atoms with Crippen LogP contribution in [0.1, 0.15) is 143 Å². The van der Waals surface area contributed by atoms with E-state index in [1.165, 1.54) is 43.8 Å². The molecule has 20 nitrogen and oxygen atoms in total. The fourth-order valence-corrected chi connectivity index (χ4v) is 22.7. The van der Waals surface area contributed by atoms with Gasteiger partial charge >= 0.3 is 84.3 Å². The Morgan fingerprint density at radius 2 is 0.612 bits per heavy atom. The van der Waals surface area contributed by atoms with Gasteiger partial charge in [-0.3, -0.25) is 39.9 Å². The molecule has 0 saturated carbocycles. The van der Waals surface area contributed by atoms with Gasteiger partial charge in [0.1, 0.15) is 10.8 Å². The summed E-state index contributed by atoms with van der Waals surface area (Å²) >= 11 is 0. The van der Waals surface area contributed by atoms with Crippen molar-refractivity contribution < 1.29 is 84.3 Å². The van der Waals surface area contributed by atoms with Gasteiger partial charge in [-0.1, -0.05) is 257 Å². The van der Waals surface area contributed by atoms with Crippen molar-refractivity contribution in [3.05, 3.63) is 456 Å². The molecule has 2 aliphatic rings. The molecule has 1 aliphatic heterocycles. The average Bonchev–Trinajstić information content (AvgIpc) is 1.31. The van der Waals surface area contributed by atoms with Crippen LogP contribution in [0.5, 0.6) is 0 Å². The molecule has 12 aromatic heterocycles. The van der Waals surface area contributed by atoms with E-state index >= 15 is 0 Å². The predicted molar refractivity (Wildman–Crippen MR) is 507 cm³/mol. The second-order valence-corrected chi connectivity index (χ2v) is 34.8. The van der Waals surface area contributed by atoms with Crippen molar-refractivity contribution in [3.63, 3.8) is 0 Å². The minimum Gasteiger partial charge on any atom is -0.573 e. The van der Waals surface area contributed by atoms with E-state index in [2.05, 4.69) is 327 Å². The van der Waals surface area contributed by atoms with Crippen LogP contribution in [0.2, 0.25) is 0 Å². The molecule has 0 saturated heterocycles. The summed E-state index contributed by atoms with van der Waals surface area (Å²) in [5, 5.41) is 65.0. The first-order chi connectivity index (χ1) is 63.8. The Balaban J connectivity index is 0.000000195. The quantitative estimate of drug-likeness (QED) is 0.0569. The van der Waals surface area contributed by atoms with Gasteiger partial charge in [0.25, 0.3) is 0 Å². The normalized spacial score (nSPS) is 11.5. The van der Waals surface area contributed by atoms with Crippen LogP contribution in [0.25, 0.3) is 67.8 Å². The SMILES string of the molecule is CCc1n[n-]c(-c2cccc(C(C)(C)c3ccccn3)n2)c1C.CCc1n[n-]c(-c2cccc(C(c3ccccc3)(c3ccccc3)c3ccccn3)n2)c1C.CCc1n[n-]c(-c2cccc(C3(c4ccccn4)c4ccccc4-c4ccccc43)n2)c1C.CCc1n[n-]c(-c2cccc([Si]3(c4ccccn4)c4ccccc4-c4ccccc43)n2)c1C.[C-]#N.[C-]#N.[C-]#N.[C-]#N.[Pt+2].[Pt+2].[Pt+2].[Pt+2]. The van der Waals surface area contributed by atoms with Crippen molar-refractivity contribution in [2.75, 3.05) is 0 Å². The van der Waals surface area contributed by atoms with Gasteiger partial charge in [0.05, 0.1) is 45.6 Å². The van der Waals surface area contributed by atoms with Crippen molar-refractivity contribution in [2.24, 2.45) is 0 Å². The van der Waals surface area contributed by atoms with E-state index in [-0.39, 0.29) is 89.7 Å². The Bertz CT molecular complexity index is 6280. The van der Waals surface area contributed by atoms with Crippen LogP contribution < -0.4 is 41.4 Å². The Morgan fingerprint density at radius 1 is 0.291 bits per heavy atom. The standard InChI is InChI=1S/C29H23N4.C29H25N4.C28H23N4Si.C19H21N4.4CN.4Pt/c1-3-24-19(2)28(33-32-24)25-15-10-17-27(31-25)29(26-16-8-9-18-30-26)22-13-6-4-11-20(22)21-12-5-7-14-23(21)29;1-3-24-21(2)28(33-32-24)25-17-12-19-27(31-25)29(22-13-6-4-7-14-22,23-15-8-5-9-16-23)26-18-10-11-20-30-26;1-3-22-19(2)28(32-31-22)23-13-10-17-27(30-23)33(26-16-8-9-18-29-26)24-14-6-4-11-20(24)21-12-5-7-15-25(21)33;1-5-14-13(2)18(23-22-14)15-9-8-11-17(21-15)19(3,4)16-10-6-7-12-20-16;4*1-2;;;;/h4-18H,3H2,1-2H3;4-20H,3H2,1-2H3;4-18H,3H2,1-2H3;6-12H,5H2,1-4H3;;;;;;;;/q8*-1;4*+2. The van der Waals surface area contributed by atoms with Gasteiger partial charge in [-0.15, -0.1) is 0 Å². The van der Waals surface area contributed by atoms with Crippen LogP contribution in [0.3, 0.4) is 0 Å². The molecule has 18 aromatic rings. The Labute approximate surface area is 842 Å². The van der Waals surface area contributed by atoms with Crippen LogP contribution in [0.4, 0.5) is 0 Å². The number of benzene rings is 6. The molecule has 0 unspecified atom stereocenters. The third-order valence-electron chi connectivity index (χ3n) is 24.1. The van der Waals surface area contributed by atoms with Crippen LogP contribution in [-0.2, 0) is 126 Å². The summed E-state index contributed by atoms with van der Waals surface area (Å²) < 4.78 is 0. The zero-order valence-corrected chi connectivity index (χ0v) is 85.3. The molecule has 0 amide bonds. The van der Waals surface area contributed by atoms with Crippen molar-refractivity contribution in [2.45, 2.75) is 111 Å². The molecule has 1 aliphatic carbocycles. The molecule has 0 fully saturated rings. The van der Waals surface area contributed by atoms with Gasteiger partial charge in [-0.05, 0) is 241 Å². The van der Waals surface area contributed by atoms with Gasteiger partial charge in [0.15, 0.2) is 0 Å². The maximum absolute atomic E-state index is 6.25. The number of fused-ring (bicyclic) bond motifs is 6. The number of pyridine rings is 8. The zero-order chi connectivity index (χ0) is 92.0. The zero-order valence-electron chi connectivity index (χ0n) is 75.2. The van der Waals surface area contributed by atoms with Gasteiger partial charge in [-0.25, -0.2) is 0 Å². The first kappa shape index (κ1) is 104. The Morgan fingerprint density at radius 3 is 1.01 bits per heavy atom. The summed E-state index contributed by atoms with van der Waals surface area (Å²) in [7, 11) is -2.68. The second-order valence-electron chi connectivity index (χ2n) is 31.2. The fraction of sp³-hybridized carbons (Fsp3) is 0.156. The van der Waals surface area contributed by atoms with E-state index in [1.807, 2.05) is 116 Å². The smallest absolute Gasteiger partial charge is 0.573 e. The van der Waals surface area contributed by atoms with E-state index < -0.39 is 18.9 Å². The third kappa shape index (κ3) is 19.9. The van der Waals surface area contributed by atoms with Gasteiger partial charge in [0, 0.05) is 75.0 Å². The molecular formula is C109H92N20Pt4Si. The summed E-state index contributed by atoms with van der Waals surface area (Å²) in [6, 6.07) is 105. The third-order valence-corrected chi connectivity index (χ3v) is 28.7. The van der Waals surface area contributed by atoms with Crippen molar-refractivity contribution in [1.29, 1.82) is 21.0 Å². The summed E-state index contributed by atoms with van der Waals surface area (Å²) in [5.74, 6) is 0. The first-order valence-corrected chi connectivity index (χ1v) is 44.7. The molecule has 25 heteroatoms. The average molecular weight is 2490 g/mol. The number of hydrogen-bond acceptors (Lipinski definition) is 16. The molecular weight excluding hydrogens is 2400 g/mol. The Hall–Kier alpha value is -13.7. The number of hydrogen-bond donors (Lipinski definition) is 0. The molecule has 0 N–H and O–H groups in total. The fourth-order valence-electron chi connectivity index (χ4n) is 17.9. The predicted octanol–water partition coefficient (Wildman–Crippen LogP) is 18.3. The number of aromatic nitrogens is 16. The molecule has 20 rings (SSSR count). The van der Waals surface area contributed by atoms with Gasteiger partial charge < -0.3 is 88.1 Å². The minimum atomic E-state index is -2.68. The minimum absolute atomic E-state index is 0. The van der Waals surface area contributed by atoms with Crippen LogP contribution >= 0.6 is 0 Å². The van der Waals surface area contributed by atoms with Crippen molar-refractivity contribution >= 4 is 29.1 Å². The summed E-state index contributed by atoms with van der Waals surface area (Å²) in [4.78, 5) is 39.8. The topological polar surface area (TPSA) is 306 Å². The van der Waals surface area contributed by atoms with E-state index in [0.717, 1.165) is 172 Å². The Kier molecular flexibility index (Phi) is 37.3. The first-order valence-electron chi connectivity index (χ1n) is 42.7. The second kappa shape index (κ2) is 48.1. The largest absolute Gasteiger partial charge is 2.00 e. The van der Waals surface area contributed by atoms with E-state index in [4.69, 9.17) is 82.2 Å². The van der Waals surface area contributed by atoms with Gasteiger partial charge in [-0.2, -0.15) is 0 Å². The summed E-state index contributed by atoms with van der Waals surface area (Å²) in [5.41, 5.74) is 29.2. The van der Waals surface area contributed by atoms with Crippen molar-refractivity contribution in [3.8, 4) is 67.8 Å². The molecule has 672 valence electrons. The van der Waals surface area contributed by atoms with Crippen LogP contribution in [0.15, 0.2) is 328 Å². The molecule has 134 heavy (non-hydrogen) atoms. The summed E-state index contributed by atoms with van der Waals surface area (Å²) in [6.45, 7) is 40.0. The van der Waals surface area contributed by atoms with Crippen molar-refractivity contribution in [1.82, 2.24) is 80.7 Å². The van der Waals surface area contributed by atoms with Crippen LogP contribution in [0, 0.1) is 75.0 Å².